The number of hydrogen-bond acceptors (Lipinski definition) is 3. The molecule has 2 heterocycles. The maximum atomic E-state index is 12.2. The molecule has 0 spiro atoms. The smallest absolute Gasteiger partial charge is 0.225 e. The molecule has 108 valence electrons. The van der Waals surface area contributed by atoms with Crippen LogP contribution in [0.4, 0.5) is 0 Å². The number of aryl methyl sites for hydroxylation is 3. The number of hydrogen-bond donors (Lipinski definition) is 3. The molecule has 0 aliphatic rings. The molecule has 3 N–H and O–H groups in total. The molecule has 0 bridgehead atoms. The van der Waals surface area contributed by atoms with Crippen LogP contribution in [0.25, 0.3) is 0 Å². The zero-order chi connectivity index (χ0) is 14.7. The highest BCUT2D eigenvalue weighted by Gasteiger charge is 2.17. The van der Waals surface area contributed by atoms with Crippen molar-refractivity contribution in [3.05, 3.63) is 34.7 Å². The fourth-order valence-corrected chi connectivity index (χ4v) is 2.21. The third-order valence-electron chi connectivity index (χ3n) is 3.41. The Morgan fingerprint density at radius 1 is 1.40 bits per heavy atom. The summed E-state index contributed by atoms with van der Waals surface area (Å²) in [4.78, 5) is 19.6. The number of rotatable bonds is 5. The Balaban J connectivity index is 2.03. The number of aromatic amines is 2. The molecule has 0 aliphatic heterocycles. The summed E-state index contributed by atoms with van der Waals surface area (Å²) in [7, 11) is 0. The predicted molar refractivity (Wildman–Crippen MR) is 76.3 cm³/mol. The molecular weight excluding hydrogens is 254 g/mol. The molecular formula is C14H21N5O. The second-order valence-corrected chi connectivity index (χ2v) is 5.07. The van der Waals surface area contributed by atoms with E-state index >= 15 is 0 Å². The van der Waals surface area contributed by atoms with Gasteiger partial charge in [0.15, 0.2) is 0 Å². The molecule has 6 heteroatoms. The normalized spacial score (nSPS) is 12.4. The third-order valence-corrected chi connectivity index (χ3v) is 3.41. The summed E-state index contributed by atoms with van der Waals surface area (Å²) in [6.45, 7) is 7.80. The van der Waals surface area contributed by atoms with E-state index in [1.54, 1.807) is 6.20 Å². The first kappa shape index (κ1) is 14.3. The molecule has 1 amide bonds. The van der Waals surface area contributed by atoms with Crippen LogP contribution in [0.5, 0.6) is 0 Å². The third kappa shape index (κ3) is 3.07. The first-order valence-corrected chi connectivity index (χ1v) is 6.82. The minimum absolute atomic E-state index is 0.0153. The van der Waals surface area contributed by atoms with Crippen LogP contribution in [0.1, 0.15) is 47.9 Å². The maximum Gasteiger partial charge on any atom is 0.225 e. The predicted octanol–water partition coefficient (Wildman–Crippen LogP) is 1.87. The average molecular weight is 275 g/mol. The molecule has 20 heavy (non-hydrogen) atoms. The van der Waals surface area contributed by atoms with Crippen LogP contribution in [0.15, 0.2) is 6.20 Å². The van der Waals surface area contributed by atoms with Crippen molar-refractivity contribution in [3.63, 3.8) is 0 Å². The number of nitrogens with one attached hydrogen (secondary N) is 3. The van der Waals surface area contributed by atoms with E-state index in [1.807, 2.05) is 27.7 Å². The zero-order valence-corrected chi connectivity index (χ0v) is 12.4. The Kier molecular flexibility index (Phi) is 4.22. The van der Waals surface area contributed by atoms with Gasteiger partial charge in [0.25, 0.3) is 0 Å². The largest absolute Gasteiger partial charge is 0.346 e. The Morgan fingerprint density at radius 2 is 2.15 bits per heavy atom. The number of amides is 1. The van der Waals surface area contributed by atoms with Crippen LogP contribution in [0, 0.1) is 20.8 Å². The number of imidazole rings is 1. The topological polar surface area (TPSA) is 86.5 Å². The van der Waals surface area contributed by atoms with E-state index in [9.17, 15) is 4.79 Å². The molecule has 0 aliphatic carbocycles. The lowest BCUT2D eigenvalue weighted by molar-refractivity contribution is -0.121. The summed E-state index contributed by atoms with van der Waals surface area (Å²) >= 11 is 0. The van der Waals surface area contributed by atoms with E-state index in [1.165, 1.54) is 0 Å². The lowest BCUT2D eigenvalue weighted by Crippen LogP contribution is -2.30. The van der Waals surface area contributed by atoms with Gasteiger partial charge >= 0.3 is 0 Å². The quantitative estimate of drug-likeness (QED) is 0.778. The average Bonchev–Trinajstić information content (AvgIpc) is 2.97. The molecule has 0 saturated heterocycles. The number of nitrogens with zero attached hydrogens (tertiary/aromatic N) is 2. The van der Waals surface area contributed by atoms with Gasteiger partial charge in [0.1, 0.15) is 5.82 Å². The van der Waals surface area contributed by atoms with Crippen molar-refractivity contribution in [2.24, 2.45) is 0 Å². The SMILES string of the molecule is CCC(NC(=O)Cc1c(C)n[nH]c1C)c1ncc(C)[nH]1. The molecule has 2 aromatic rings. The minimum atomic E-state index is -0.0799. The van der Waals surface area contributed by atoms with Crippen LogP contribution in [0.3, 0.4) is 0 Å². The molecule has 0 saturated carbocycles. The van der Waals surface area contributed by atoms with Gasteiger partial charge < -0.3 is 10.3 Å². The van der Waals surface area contributed by atoms with Gasteiger partial charge in [-0.15, -0.1) is 0 Å². The second-order valence-electron chi connectivity index (χ2n) is 5.07. The van der Waals surface area contributed by atoms with Crippen LogP contribution in [-0.2, 0) is 11.2 Å². The summed E-state index contributed by atoms with van der Waals surface area (Å²) in [6.07, 6.45) is 2.90. The monoisotopic (exact) mass is 275 g/mol. The molecule has 2 aromatic heterocycles. The summed E-state index contributed by atoms with van der Waals surface area (Å²) in [5.41, 5.74) is 3.78. The highest BCUT2D eigenvalue weighted by atomic mass is 16.1. The molecule has 0 radical (unpaired) electrons. The molecule has 0 aromatic carbocycles. The van der Waals surface area contributed by atoms with E-state index in [2.05, 4.69) is 25.5 Å². The fourth-order valence-electron chi connectivity index (χ4n) is 2.21. The Labute approximate surface area is 118 Å². The van der Waals surface area contributed by atoms with E-state index in [0.29, 0.717) is 6.42 Å². The standard InChI is InChI=1S/C14H21N5O/c1-5-12(14-15-7-8(2)16-14)17-13(20)6-11-9(3)18-19-10(11)4/h7,12H,5-6H2,1-4H3,(H,15,16)(H,17,20)(H,18,19). The Hall–Kier alpha value is -2.11. The van der Waals surface area contributed by atoms with E-state index < -0.39 is 0 Å². The summed E-state index contributed by atoms with van der Waals surface area (Å²) in [6, 6.07) is -0.0799. The number of aromatic nitrogens is 4. The molecule has 6 nitrogen and oxygen atoms in total. The fraction of sp³-hybridized carbons (Fsp3) is 0.500. The zero-order valence-electron chi connectivity index (χ0n) is 12.4. The van der Waals surface area contributed by atoms with Crippen molar-refractivity contribution in [2.75, 3.05) is 0 Å². The van der Waals surface area contributed by atoms with Gasteiger partial charge in [-0.3, -0.25) is 9.89 Å². The second kappa shape index (κ2) is 5.90. The first-order chi connectivity index (χ1) is 9.51. The van der Waals surface area contributed by atoms with E-state index in [4.69, 9.17) is 0 Å². The van der Waals surface area contributed by atoms with Gasteiger partial charge in [-0.25, -0.2) is 4.98 Å². The van der Waals surface area contributed by atoms with Gasteiger partial charge in [-0.1, -0.05) is 6.92 Å². The van der Waals surface area contributed by atoms with Gasteiger partial charge in [0.05, 0.1) is 18.2 Å². The van der Waals surface area contributed by atoms with Crippen LogP contribution >= 0.6 is 0 Å². The summed E-state index contributed by atoms with van der Waals surface area (Å²) in [5.74, 6) is 0.789. The lowest BCUT2D eigenvalue weighted by atomic mass is 10.1. The number of H-pyrrole nitrogens is 2. The molecule has 2 rings (SSSR count). The van der Waals surface area contributed by atoms with Gasteiger partial charge in [0, 0.05) is 23.1 Å². The van der Waals surface area contributed by atoms with Crippen molar-refractivity contribution in [2.45, 2.75) is 46.6 Å². The minimum Gasteiger partial charge on any atom is -0.346 e. The van der Waals surface area contributed by atoms with Crippen LogP contribution < -0.4 is 5.32 Å². The molecule has 1 atom stereocenters. The van der Waals surface area contributed by atoms with Crippen molar-refractivity contribution in [3.8, 4) is 0 Å². The lowest BCUT2D eigenvalue weighted by Gasteiger charge is -2.14. The van der Waals surface area contributed by atoms with Gasteiger partial charge in [-0.2, -0.15) is 5.10 Å². The molecule has 0 fully saturated rings. The summed E-state index contributed by atoms with van der Waals surface area (Å²) < 4.78 is 0. The number of carbonyl (C=O) groups excluding carboxylic acids is 1. The first-order valence-electron chi connectivity index (χ1n) is 6.82. The van der Waals surface area contributed by atoms with Gasteiger partial charge in [-0.05, 0) is 27.2 Å². The van der Waals surface area contributed by atoms with Crippen molar-refractivity contribution in [1.82, 2.24) is 25.5 Å². The van der Waals surface area contributed by atoms with Crippen molar-refractivity contribution >= 4 is 5.91 Å². The highest BCUT2D eigenvalue weighted by Crippen LogP contribution is 2.15. The van der Waals surface area contributed by atoms with Crippen LogP contribution in [-0.4, -0.2) is 26.1 Å². The van der Waals surface area contributed by atoms with E-state index in [0.717, 1.165) is 34.9 Å². The number of carbonyl (C=O) groups is 1. The maximum absolute atomic E-state index is 12.2. The van der Waals surface area contributed by atoms with Crippen molar-refractivity contribution in [1.29, 1.82) is 0 Å². The Bertz CT molecular complexity index is 579. The summed E-state index contributed by atoms with van der Waals surface area (Å²) in [5, 5.41) is 10.0. The van der Waals surface area contributed by atoms with Crippen molar-refractivity contribution < 1.29 is 4.79 Å². The highest BCUT2D eigenvalue weighted by molar-refractivity contribution is 5.79. The Morgan fingerprint density at radius 3 is 2.65 bits per heavy atom. The molecule has 1 unspecified atom stereocenters. The van der Waals surface area contributed by atoms with E-state index in [-0.39, 0.29) is 11.9 Å². The van der Waals surface area contributed by atoms with Crippen LogP contribution in [0.2, 0.25) is 0 Å². The van der Waals surface area contributed by atoms with Gasteiger partial charge in [0.2, 0.25) is 5.91 Å².